The number of carbonyl (C=O) groups excluding carboxylic acids is 1. The predicted octanol–water partition coefficient (Wildman–Crippen LogP) is 4.63. The molecule has 4 rings (SSSR count). The summed E-state index contributed by atoms with van der Waals surface area (Å²) in [7, 11) is 0. The number of hydrogen-bond acceptors (Lipinski definition) is 3. The molecule has 0 atom stereocenters. The predicted molar refractivity (Wildman–Crippen MR) is 108 cm³/mol. The van der Waals surface area contributed by atoms with Gasteiger partial charge in [-0.05, 0) is 48.0 Å². The SMILES string of the molecule is O=C(/C=C/c1ccccn1)c1c(-c2ccccc2)c2cc(F)ccc2[nH]c1=O. The second-order valence-electron chi connectivity index (χ2n) is 6.21. The van der Waals surface area contributed by atoms with Gasteiger partial charge in [-0.15, -0.1) is 0 Å². The summed E-state index contributed by atoms with van der Waals surface area (Å²) in [4.78, 5) is 32.5. The number of fused-ring (bicyclic) bond motifs is 1. The number of allylic oxidation sites excluding steroid dienone is 1. The van der Waals surface area contributed by atoms with Crippen LogP contribution in [0.15, 0.2) is 83.8 Å². The summed E-state index contributed by atoms with van der Waals surface area (Å²) in [5.41, 5.74) is 1.59. The number of nitrogens with zero attached hydrogens (tertiary/aromatic N) is 1. The van der Waals surface area contributed by atoms with Gasteiger partial charge in [0.05, 0.1) is 11.3 Å². The van der Waals surface area contributed by atoms with Crippen molar-refractivity contribution in [2.24, 2.45) is 0 Å². The van der Waals surface area contributed by atoms with E-state index in [1.54, 1.807) is 54.7 Å². The molecule has 2 aromatic heterocycles. The van der Waals surface area contributed by atoms with E-state index >= 15 is 0 Å². The zero-order valence-corrected chi connectivity index (χ0v) is 14.7. The van der Waals surface area contributed by atoms with Crippen LogP contribution in [-0.4, -0.2) is 15.8 Å². The lowest BCUT2D eigenvalue weighted by Gasteiger charge is -2.11. The molecule has 0 spiro atoms. The highest BCUT2D eigenvalue weighted by atomic mass is 19.1. The number of H-pyrrole nitrogens is 1. The number of pyridine rings is 2. The van der Waals surface area contributed by atoms with Gasteiger partial charge in [0, 0.05) is 22.7 Å². The molecule has 0 saturated carbocycles. The number of ketones is 1. The van der Waals surface area contributed by atoms with Crippen LogP contribution in [0.1, 0.15) is 16.1 Å². The summed E-state index contributed by atoms with van der Waals surface area (Å²) < 4.78 is 13.9. The lowest BCUT2D eigenvalue weighted by Crippen LogP contribution is -2.18. The highest BCUT2D eigenvalue weighted by Gasteiger charge is 2.19. The van der Waals surface area contributed by atoms with E-state index in [1.807, 2.05) is 6.07 Å². The van der Waals surface area contributed by atoms with Gasteiger partial charge in [0.15, 0.2) is 5.78 Å². The highest BCUT2D eigenvalue weighted by Crippen LogP contribution is 2.30. The van der Waals surface area contributed by atoms with E-state index < -0.39 is 17.2 Å². The van der Waals surface area contributed by atoms with Gasteiger partial charge in [-0.2, -0.15) is 0 Å². The maximum Gasteiger partial charge on any atom is 0.260 e. The summed E-state index contributed by atoms with van der Waals surface area (Å²) in [5, 5.41) is 0.473. The van der Waals surface area contributed by atoms with Crippen LogP contribution in [0.5, 0.6) is 0 Å². The Morgan fingerprint density at radius 3 is 2.54 bits per heavy atom. The van der Waals surface area contributed by atoms with E-state index in [-0.39, 0.29) is 5.56 Å². The number of carbonyl (C=O) groups is 1. The molecule has 28 heavy (non-hydrogen) atoms. The third-order valence-corrected chi connectivity index (χ3v) is 4.38. The Morgan fingerprint density at radius 1 is 1.00 bits per heavy atom. The zero-order valence-electron chi connectivity index (χ0n) is 14.7. The number of rotatable bonds is 4. The molecule has 0 bridgehead atoms. The molecule has 0 amide bonds. The van der Waals surface area contributed by atoms with Crippen molar-refractivity contribution in [3.63, 3.8) is 0 Å². The largest absolute Gasteiger partial charge is 0.321 e. The Labute approximate surface area is 160 Å². The molecular weight excluding hydrogens is 355 g/mol. The van der Waals surface area contributed by atoms with Crippen molar-refractivity contribution in [3.8, 4) is 11.1 Å². The summed E-state index contributed by atoms with van der Waals surface area (Å²) in [6.07, 6.45) is 4.47. The first kappa shape index (κ1) is 17.5. The maximum atomic E-state index is 13.9. The highest BCUT2D eigenvalue weighted by molar-refractivity contribution is 6.14. The first-order valence-electron chi connectivity index (χ1n) is 8.68. The van der Waals surface area contributed by atoms with Crippen molar-refractivity contribution in [2.45, 2.75) is 0 Å². The number of hydrogen-bond donors (Lipinski definition) is 1. The molecule has 0 radical (unpaired) electrons. The molecule has 4 nitrogen and oxygen atoms in total. The summed E-state index contributed by atoms with van der Waals surface area (Å²) in [5.74, 6) is -0.920. The number of halogens is 1. The number of benzene rings is 2. The third-order valence-electron chi connectivity index (χ3n) is 4.38. The molecule has 5 heteroatoms. The fourth-order valence-corrected chi connectivity index (χ4v) is 3.12. The number of aromatic nitrogens is 2. The molecule has 136 valence electrons. The number of nitrogens with one attached hydrogen (secondary N) is 1. The normalized spacial score (nSPS) is 11.2. The van der Waals surface area contributed by atoms with Crippen LogP contribution in [-0.2, 0) is 0 Å². The lowest BCUT2D eigenvalue weighted by molar-refractivity contribution is 0.104. The van der Waals surface area contributed by atoms with Crippen molar-refractivity contribution in [2.75, 3.05) is 0 Å². The minimum absolute atomic E-state index is 0.0310. The smallest absolute Gasteiger partial charge is 0.260 e. The van der Waals surface area contributed by atoms with Gasteiger partial charge < -0.3 is 4.98 Å². The average molecular weight is 370 g/mol. The van der Waals surface area contributed by atoms with Crippen molar-refractivity contribution < 1.29 is 9.18 Å². The summed E-state index contributed by atoms with van der Waals surface area (Å²) in [6.45, 7) is 0. The van der Waals surface area contributed by atoms with Crippen LogP contribution in [0.4, 0.5) is 4.39 Å². The van der Waals surface area contributed by atoms with Gasteiger partial charge in [0.25, 0.3) is 5.56 Å². The molecular formula is C23H15FN2O2. The Morgan fingerprint density at radius 2 is 1.79 bits per heavy atom. The first-order chi connectivity index (χ1) is 13.6. The van der Waals surface area contributed by atoms with Crippen LogP contribution < -0.4 is 5.56 Å². The standard InChI is InChI=1S/C23H15FN2O2/c24-16-9-11-19-18(14-16)21(15-6-2-1-3-7-15)22(23(28)26-19)20(27)12-10-17-8-4-5-13-25-17/h1-14H,(H,26,28)/b12-10+. The van der Waals surface area contributed by atoms with Gasteiger partial charge in [0.2, 0.25) is 0 Å². The van der Waals surface area contributed by atoms with Gasteiger partial charge in [-0.25, -0.2) is 4.39 Å². The minimum atomic E-state index is -0.520. The fraction of sp³-hybridized carbons (Fsp3) is 0. The monoisotopic (exact) mass is 370 g/mol. The Bertz CT molecular complexity index is 1250. The second kappa shape index (κ2) is 7.40. The van der Waals surface area contributed by atoms with Gasteiger partial charge in [-0.1, -0.05) is 36.4 Å². The molecule has 4 aromatic rings. The summed E-state index contributed by atoms with van der Waals surface area (Å²) in [6, 6.07) is 18.5. The van der Waals surface area contributed by atoms with E-state index in [9.17, 15) is 14.0 Å². The minimum Gasteiger partial charge on any atom is -0.321 e. The van der Waals surface area contributed by atoms with Crippen molar-refractivity contribution in [1.82, 2.24) is 9.97 Å². The van der Waals surface area contributed by atoms with Gasteiger partial charge in [0.1, 0.15) is 5.82 Å². The topological polar surface area (TPSA) is 62.8 Å². The second-order valence-corrected chi connectivity index (χ2v) is 6.21. The van der Waals surface area contributed by atoms with Crippen LogP contribution in [0.2, 0.25) is 0 Å². The van der Waals surface area contributed by atoms with E-state index in [1.165, 1.54) is 24.3 Å². The van der Waals surface area contributed by atoms with Crippen LogP contribution >= 0.6 is 0 Å². The number of aromatic amines is 1. The third kappa shape index (κ3) is 3.38. The van der Waals surface area contributed by atoms with E-state index in [0.717, 1.165) is 0 Å². The van der Waals surface area contributed by atoms with Gasteiger partial charge in [-0.3, -0.25) is 14.6 Å². The van der Waals surface area contributed by atoms with Crippen molar-refractivity contribution >= 4 is 22.8 Å². The first-order valence-corrected chi connectivity index (χ1v) is 8.68. The Balaban J connectivity index is 1.95. The van der Waals surface area contributed by atoms with E-state index in [0.29, 0.717) is 27.7 Å². The molecule has 2 aromatic carbocycles. The van der Waals surface area contributed by atoms with E-state index in [4.69, 9.17) is 0 Å². The van der Waals surface area contributed by atoms with Crippen molar-refractivity contribution in [1.29, 1.82) is 0 Å². The summed E-state index contributed by atoms with van der Waals surface area (Å²) >= 11 is 0. The van der Waals surface area contributed by atoms with Crippen molar-refractivity contribution in [3.05, 3.63) is 106 Å². The maximum absolute atomic E-state index is 13.9. The average Bonchev–Trinajstić information content (AvgIpc) is 2.73. The zero-order chi connectivity index (χ0) is 19.5. The van der Waals surface area contributed by atoms with Crippen LogP contribution in [0.3, 0.4) is 0 Å². The van der Waals surface area contributed by atoms with Crippen LogP contribution in [0, 0.1) is 5.82 Å². The Kier molecular flexibility index (Phi) is 4.64. The molecule has 0 aliphatic rings. The molecule has 1 N–H and O–H groups in total. The Hall–Kier alpha value is -3.86. The molecule has 0 aliphatic carbocycles. The van der Waals surface area contributed by atoms with Crippen LogP contribution in [0.25, 0.3) is 28.1 Å². The lowest BCUT2D eigenvalue weighted by atomic mass is 9.94. The van der Waals surface area contributed by atoms with E-state index in [2.05, 4.69) is 9.97 Å². The molecule has 2 heterocycles. The molecule has 0 fully saturated rings. The molecule has 0 unspecified atom stereocenters. The molecule has 0 aliphatic heterocycles. The quantitative estimate of drug-likeness (QED) is 0.421. The fourth-order valence-electron chi connectivity index (χ4n) is 3.12. The molecule has 0 saturated heterocycles. The van der Waals surface area contributed by atoms with Gasteiger partial charge >= 0.3 is 0 Å².